The lowest BCUT2D eigenvalue weighted by molar-refractivity contribution is -0.137. The summed E-state index contributed by atoms with van der Waals surface area (Å²) in [6, 6.07) is 0.0119. The molecular weight excluding hydrogens is 336 g/mol. The Labute approximate surface area is 149 Å². The Morgan fingerprint density at radius 1 is 1.40 bits per heavy atom. The molecule has 0 saturated heterocycles. The van der Waals surface area contributed by atoms with Crippen LogP contribution < -0.4 is 0 Å². The molecule has 1 N–H and O–H groups in total. The Morgan fingerprint density at radius 2 is 2.08 bits per heavy atom. The molecule has 2 aromatic rings. The Bertz CT molecular complexity index is 752. The van der Waals surface area contributed by atoms with Gasteiger partial charge in [-0.15, -0.1) is 0 Å². The van der Waals surface area contributed by atoms with Gasteiger partial charge in [0.25, 0.3) is 0 Å². The molecule has 0 radical (unpaired) electrons. The largest absolute Gasteiger partial charge is 0.481 e. The number of aliphatic carboxylic acids is 1. The van der Waals surface area contributed by atoms with Crippen molar-refractivity contribution < 1.29 is 14.3 Å². The van der Waals surface area contributed by atoms with Crippen LogP contribution in [0.3, 0.4) is 0 Å². The van der Waals surface area contributed by atoms with E-state index in [-0.39, 0.29) is 17.5 Å². The van der Waals surface area contributed by atoms with Crippen molar-refractivity contribution >= 4 is 25.5 Å². The number of rotatable bonds is 7. The molecule has 2 heterocycles. The third-order valence-electron chi connectivity index (χ3n) is 4.92. The highest BCUT2D eigenvalue weighted by Gasteiger charge is 2.37. The summed E-state index contributed by atoms with van der Waals surface area (Å²) in [6.07, 6.45) is 3.54. The summed E-state index contributed by atoms with van der Waals surface area (Å²) in [7, 11) is -1.86. The van der Waals surface area contributed by atoms with Gasteiger partial charge in [-0.3, -0.25) is 4.79 Å². The van der Waals surface area contributed by atoms with Gasteiger partial charge in [0.05, 0.1) is 25.3 Å². The van der Waals surface area contributed by atoms with Gasteiger partial charge in [0.2, 0.25) is 0 Å². The average molecular weight is 365 g/mol. The standard InChI is InChI=1S/C17H28N4O3Si/c1-12(10-24-25(5,6)17(2,3)4)21-14(7-8-15(22)23)20-13-9-18-11-19-16(13)21/h9,11-12H,7-8,10H2,1-6H3,(H,22,23)/t12-/m0/s1. The second-order valence-electron chi connectivity index (χ2n) is 7.94. The van der Waals surface area contributed by atoms with Gasteiger partial charge in [-0.2, -0.15) is 0 Å². The van der Waals surface area contributed by atoms with Crippen LogP contribution in [-0.4, -0.2) is 45.5 Å². The van der Waals surface area contributed by atoms with E-state index in [4.69, 9.17) is 9.53 Å². The van der Waals surface area contributed by atoms with Gasteiger partial charge >= 0.3 is 5.97 Å². The first-order valence-corrected chi connectivity index (χ1v) is 11.5. The second kappa shape index (κ2) is 7.21. The van der Waals surface area contributed by atoms with Crippen LogP contribution in [0.15, 0.2) is 12.5 Å². The molecule has 0 aliphatic heterocycles. The fourth-order valence-electron chi connectivity index (χ4n) is 2.37. The molecule has 0 aliphatic carbocycles. The number of carboxylic acids is 1. The molecular formula is C17H28N4O3Si. The van der Waals surface area contributed by atoms with Crippen LogP contribution in [0, 0.1) is 0 Å². The molecule has 0 fully saturated rings. The number of imidazole rings is 1. The van der Waals surface area contributed by atoms with E-state index in [1.165, 1.54) is 6.33 Å². The van der Waals surface area contributed by atoms with Crippen LogP contribution in [0.1, 0.15) is 46.0 Å². The molecule has 0 bridgehead atoms. The lowest BCUT2D eigenvalue weighted by atomic mass is 10.2. The molecule has 2 aromatic heterocycles. The average Bonchev–Trinajstić information content (AvgIpc) is 2.88. The molecule has 0 unspecified atom stereocenters. The van der Waals surface area contributed by atoms with Gasteiger partial charge in [0.15, 0.2) is 14.0 Å². The predicted octanol–water partition coefficient (Wildman–Crippen LogP) is 3.43. The number of hydrogen-bond acceptors (Lipinski definition) is 5. The third kappa shape index (κ3) is 4.43. The number of carboxylic acid groups (broad SMARTS) is 1. The first kappa shape index (κ1) is 19.5. The first-order valence-electron chi connectivity index (χ1n) is 8.55. The van der Waals surface area contributed by atoms with Gasteiger partial charge in [0.1, 0.15) is 17.7 Å². The fraction of sp³-hybridized carbons (Fsp3) is 0.647. The van der Waals surface area contributed by atoms with Crippen molar-refractivity contribution in [2.24, 2.45) is 0 Å². The summed E-state index contributed by atoms with van der Waals surface area (Å²) in [5, 5.41) is 9.13. The van der Waals surface area contributed by atoms with Crippen molar-refractivity contribution in [3.63, 3.8) is 0 Å². The molecule has 0 aliphatic rings. The van der Waals surface area contributed by atoms with Crippen molar-refractivity contribution in [3.8, 4) is 0 Å². The second-order valence-corrected chi connectivity index (χ2v) is 12.8. The Hall–Kier alpha value is -1.80. The minimum absolute atomic E-state index is 0.0119. The van der Waals surface area contributed by atoms with E-state index in [0.29, 0.717) is 24.4 Å². The minimum Gasteiger partial charge on any atom is -0.481 e. The van der Waals surface area contributed by atoms with Crippen LogP contribution in [0.2, 0.25) is 18.1 Å². The predicted molar refractivity (Wildman–Crippen MR) is 99.1 cm³/mol. The van der Waals surface area contributed by atoms with E-state index >= 15 is 0 Å². The summed E-state index contributed by atoms with van der Waals surface area (Å²) in [6.45, 7) is 13.7. The van der Waals surface area contributed by atoms with E-state index in [1.54, 1.807) is 6.20 Å². The Morgan fingerprint density at radius 3 is 2.68 bits per heavy atom. The molecule has 138 valence electrons. The van der Waals surface area contributed by atoms with Crippen LogP contribution in [0.4, 0.5) is 0 Å². The maximum absolute atomic E-state index is 11.0. The monoisotopic (exact) mass is 364 g/mol. The quantitative estimate of drug-likeness (QED) is 0.757. The van der Waals surface area contributed by atoms with E-state index in [0.717, 1.165) is 5.65 Å². The molecule has 0 saturated carbocycles. The number of aromatic nitrogens is 4. The topological polar surface area (TPSA) is 90.1 Å². The minimum atomic E-state index is -1.86. The van der Waals surface area contributed by atoms with Crippen LogP contribution in [-0.2, 0) is 15.6 Å². The highest BCUT2D eigenvalue weighted by atomic mass is 28.4. The molecule has 0 spiro atoms. The number of fused-ring (bicyclic) bond motifs is 1. The van der Waals surface area contributed by atoms with E-state index in [1.807, 2.05) is 4.57 Å². The number of hydrogen-bond donors (Lipinski definition) is 1. The zero-order valence-electron chi connectivity index (χ0n) is 15.9. The van der Waals surface area contributed by atoms with Crippen molar-refractivity contribution in [3.05, 3.63) is 18.3 Å². The normalized spacial score (nSPS) is 14.0. The zero-order valence-corrected chi connectivity index (χ0v) is 16.9. The van der Waals surface area contributed by atoms with Crippen LogP contribution in [0.5, 0.6) is 0 Å². The Kier molecular flexibility index (Phi) is 5.63. The maximum atomic E-state index is 11.0. The maximum Gasteiger partial charge on any atom is 0.303 e. The summed E-state index contributed by atoms with van der Waals surface area (Å²) in [5.41, 5.74) is 1.41. The lowest BCUT2D eigenvalue weighted by Gasteiger charge is -2.37. The first-order chi connectivity index (χ1) is 11.5. The Balaban J connectivity index is 2.28. The zero-order chi connectivity index (χ0) is 18.8. The highest BCUT2D eigenvalue weighted by Crippen LogP contribution is 2.37. The third-order valence-corrected chi connectivity index (χ3v) is 9.42. The summed E-state index contributed by atoms with van der Waals surface area (Å²) >= 11 is 0. The molecule has 8 heteroatoms. The van der Waals surface area contributed by atoms with E-state index < -0.39 is 14.3 Å². The van der Waals surface area contributed by atoms with Crippen molar-refractivity contribution in [2.45, 2.75) is 64.7 Å². The SMILES string of the molecule is C[C@@H](CO[Si](C)(C)C(C)(C)C)n1c(CCC(=O)O)nc2cncnc21. The van der Waals surface area contributed by atoms with E-state index in [9.17, 15) is 4.79 Å². The van der Waals surface area contributed by atoms with Gasteiger partial charge in [0, 0.05) is 6.42 Å². The summed E-state index contributed by atoms with van der Waals surface area (Å²) < 4.78 is 8.33. The van der Waals surface area contributed by atoms with Gasteiger partial charge < -0.3 is 14.1 Å². The van der Waals surface area contributed by atoms with Crippen molar-refractivity contribution in [2.75, 3.05) is 6.61 Å². The smallest absolute Gasteiger partial charge is 0.303 e. The molecule has 7 nitrogen and oxygen atoms in total. The van der Waals surface area contributed by atoms with Crippen LogP contribution >= 0.6 is 0 Å². The summed E-state index contributed by atoms with van der Waals surface area (Å²) in [4.78, 5) is 23.8. The van der Waals surface area contributed by atoms with Crippen molar-refractivity contribution in [1.29, 1.82) is 0 Å². The van der Waals surface area contributed by atoms with Crippen LogP contribution in [0.25, 0.3) is 11.2 Å². The van der Waals surface area contributed by atoms with Gasteiger partial charge in [-0.1, -0.05) is 20.8 Å². The molecule has 0 aromatic carbocycles. The fourth-order valence-corrected chi connectivity index (χ4v) is 3.46. The van der Waals surface area contributed by atoms with E-state index in [2.05, 4.69) is 55.7 Å². The van der Waals surface area contributed by atoms with Crippen molar-refractivity contribution in [1.82, 2.24) is 19.5 Å². The van der Waals surface area contributed by atoms with Gasteiger partial charge in [-0.25, -0.2) is 15.0 Å². The molecule has 2 rings (SSSR count). The molecule has 1 atom stereocenters. The molecule has 25 heavy (non-hydrogen) atoms. The lowest BCUT2D eigenvalue weighted by Crippen LogP contribution is -2.42. The highest BCUT2D eigenvalue weighted by molar-refractivity contribution is 6.74. The van der Waals surface area contributed by atoms with Gasteiger partial charge in [-0.05, 0) is 25.1 Å². The number of nitrogens with zero attached hydrogens (tertiary/aromatic N) is 4. The summed E-state index contributed by atoms with van der Waals surface area (Å²) in [5.74, 6) is -0.126. The molecule has 0 amide bonds. The number of aryl methyl sites for hydroxylation is 1. The number of carbonyl (C=O) groups is 1.